The summed E-state index contributed by atoms with van der Waals surface area (Å²) in [5, 5.41) is 1.03. The highest BCUT2D eigenvalue weighted by atomic mass is 15.1. The summed E-state index contributed by atoms with van der Waals surface area (Å²) in [5.41, 5.74) is 14.2. The van der Waals surface area contributed by atoms with Crippen LogP contribution in [0.3, 0.4) is 0 Å². The molecule has 1 aromatic heterocycles. The maximum absolute atomic E-state index is 5.19. The molecule has 0 saturated heterocycles. The second-order valence-corrected chi connectivity index (χ2v) is 13.1. The number of rotatable bonds is 8. The van der Waals surface area contributed by atoms with Crippen molar-refractivity contribution >= 4 is 28.0 Å². The van der Waals surface area contributed by atoms with Gasteiger partial charge in [-0.15, -0.1) is 0 Å². The van der Waals surface area contributed by atoms with Crippen LogP contribution >= 0.6 is 0 Å². The third kappa shape index (κ3) is 6.60. The van der Waals surface area contributed by atoms with Crippen LogP contribution in [0.15, 0.2) is 212 Å². The lowest BCUT2D eigenvalue weighted by Gasteiger charge is -2.26. The van der Waals surface area contributed by atoms with Crippen molar-refractivity contribution in [3.63, 3.8) is 0 Å². The Kier molecular flexibility index (Phi) is 8.57. The van der Waals surface area contributed by atoms with Gasteiger partial charge >= 0.3 is 0 Å². The summed E-state index contributed by atoms with van der Waals surface area (Å²) in [4.78, 5) is 12.5. The first-order chi connectivity index (χ1) is 26.3. The molecule has 0 unspecified atom stereocenters. The Morgan fingerprint density at radius 2 is 0.604 bits per heavy atom. The van der Waals surface area contributed by atoms with Crippen LogP contribution in [0.4, 0.5) is 17.1 Å². The monoisotopic (exact) mass is 677 g/mol. The lowest BCUT2D eigenvalue weighted by molar-refractivity contribution is 1.22. The van der Waals surface area contributed by atoms with Crippen molar-refractivity contribution in [3.05, 3.63) is 212 Å². The smallest absolute Gasteiger partial charge is 0.160 e. The van der Waals surface area contributed by atoms with Gasteiger partial charge in [0, 0.05) is 33.6 Å². The topological polar surface area (TPSA) is 29.0 Å². The fourth-order valence-corrected chi connectivity index (χ4v) is 6.95. The van der Waals surface area contributed by atoms with Crippen molar-refractivity contribution in [2.24, 2.45) is 0 Å². The number of benzene rings is 8. The Morgan fingerprint density at radius 3 is 1.06 bits per heavy atom. The molecule has 0 aliphatic rings. The molecule has 8 aromatic carbocycles. The molecule has 3 nitrogen and oxygen atoms in total. The summed E-state index contributed by atoms with van der Waals surface area (Å²) in [6, 6.07) is 74.5. The van der Waals surface area contributed by atoms with Crippen molar-refractivity contribution in [3.8, 4) is 56.0 Å². The number of fused-ring (bicyclic) bond motifs is 1. The van der Waals surface area contributed by atoms with Crippen LogP contribution in [0, 0.1) is 0 Å². The summed E-state index contributed by atoms with van der Waals surface area (Å²) in [7, 11) is 0. The molecule has 250 valence electrons. The first kappa shape index (κ1) is 31.9. The van der Waals surface area contributed by atoms with Gasteiger partial charge in [-0.2, -0.15) is 0 Å². The molecule has 0 atom stereocenters. The highest BCUT2D eigenvalue weighted by Gasteiger charge is 2.16. The van der Waals surface area contributed by atoms with Crippen molar-refractivity contribution < 1.29 is 0 Å². The zero-order valence-corrected chi connectivity index (χ0v) is 29.0. The van der Waals surface area contributed by atoms with Crippen LogP contribution in [-0.2, 0) is 0 Å². The second kappa shape index (κ2) is 14.3. The molecule has 53 heavy (non-hydrogen) atoms. The predicted molar refractivity (Wildman–Crippen MR) is 221 cm³/mol. The minimum absolute atomic E-state index is 0.698. The van der Waals surface area contributed by atoms with Crippen LogP contribution in [-0.4, -0.2) is 9.97 Å². The second-order valence-electron chi connectivity index (χ2n) is 13.1. The number of hydrogen-bond donors (Lipinski definition) is 0. The molecule has 0 fully saturated rings. The molecule has 0 aliphatic heterocycles. The largest absolute Gasteiger partial charge is 0.311 e. The summed E-state index contributed by atoms with van der Waals surface area (Å²) in [5.74, 6) is 0.698. The Balaban J connectivity index is 1.08. The Bertz CT molecular complexity index is 2520. The van der Waals surface area contributed by atoms with Gasteiger partial charge in [0.25, 0.3) is 0 Å². The fourth-order valence-electron chi connectivity index (χ4n) is 6.95. The SMILES string of the molecule is c1ccc(-c2ccc(-c3nc(-c4ccc(N(c5ccc(-c6ccccc6)cc5)c5ccc(-c6ccccc6)cc5)cc4)nc4ccccc34)cc2)cc1. The number of para-hydroxylation sites is 1. The van der Waals surface area contributed by atoms with Crippen molar-refractivity contribution in [2.45, 2.75) is 0 Å². The molecule has 0 aliphatic carbocycles. The van der Waals surface area contributed by atoms with Crippen molar-refractivity contribution in [1.82, 2.24) is 9.97 Å². The molecule has 0 bridgehead atoms. The summed E-state index contributed by atoms with van der Waals surface area (Å²) < 4.78 is 0. The van der Waals surface area contributed by atoms with Gasteiger partial charge in [-0.1, -0.05) is 158 Å². The Labute approximate surface area is 310 Å². The van der Waals surface area contributed by atoms with Gasteiger partial charge in [0.05, 0.1) is 11.2 Å². The predicted octanol–water partition coefficient (Wildman–Crippen LogP) is 13.4. The van der Waals surface area contributed by atoms with E-state index in [2.05, 4.69) is 205 Å². The molecule has 9 rings (SSSR count). The lowest BCUT2D eigenvalue weighted by atomic mass is 10.0. The fraction of sp³-hybridized carbons (Fsp3) is 0. The van der Waals surface area contributed by atoms with E-state index in [4.69, 9.17) is 9.97 Å². The zero-order valence-electron chi connectivity index (χ0n) is 29.0. The Hall–Kier alpha value is -7.10. The van der Waals surface area contributed by atoms with Crippen LogP contribution in [0.1, 0.15) is 0 Å². The first-order valence-corrected chi connectivity index (χ1v) is 17.9. The Morgan fingerprint density at radius 1 is 0.264 bits per heavy atom. The third-order valence-corrected chi connectivity index (χ3v) is 9.72. The van der Waals surface area contributed by atoms with Crippen molar-refractivity contribution in [2.75, 3.05) is 4.90 Å². The highest BCUT2D eigenvalue weighted by Crippen LogP contribution is 2.38. The van der Waals surface area contributed by atoms with Crippen LogP contribution in [0.25, 0.3) is 66.9 Å². The van der Waals surface area contributed by atoms with E-state index in [9.17, 15) is 0 Å². The molecule has 0 N–H and O–H groups in total. The van der Waals surface area contributed by atoms with Crippen LogP contribution < -0.4 is 4.90 Å². The molecular formula is C50H35N3. The van der Waals surface area contributed by atoms with Gasteiger partial charge in [0.2, 0.25) is 0 Å². The lowest BCUT2D eigenvalue weighted by Crippen LogP contribution is -2.09. The van der Waals surface area contributed by atoms with E-state index < -0.39 is 0 Å². The summed E-state index contributed by atoms with van der Waals surface area (Å²) in [6.07, 6.45) is 0. The molecular weight excluding hydrogens is 643 g/mol. The summed E-state index contributed by atoms with van der Waals surface area (Å²) >= 11 is 0. The molecule has 0 amide bonds. The number of anilines is 3. The average Bonchev–Trinajstić information content (AvgIpc) is 3.25. The molecule has 0 radical (unpaired) electrons. The van der Waals surface area contributed by atoms with E-state index in [1.807, 2.05) is 12.1 Å². The molecule has 9 aromatic rings. The van der Waals surface area contributed by atoms with Gasteiger partial charge in [0.15, 0.2) is 5.82 Å². The van der Waals surface area contributed by atoms with Gasteiger partial charge in [-0.3, -0.25) is 0 Å². The van der Waals surface area contributed by atoms with E-state index in [1.165, 1.54) is 33.4 Å². The van der Waals surface area contributed by atoms with E-state index in [1.54, 1.807) is 0 Å². The number of hydrogen-bond acceptors (Lipinski definition) is 3. The normalized spacial score (nSPS) is 11.0. The molecule has 0 saturated carbocycles. The van der Waals surface area contributed by atoms with Crippen molar-refractivity contribution in [1.29, 1.82) is 0 Å². The van der Waals surface area contributed by atoms with Gasteiger partial charge in [-0.25, -0.2) is 9.97 Å². The standard InChI is InChI=1S/C50H35N3/c1-4-12-36(13-5-1)39-20-22-42(23-21-39)49-47-18-10-11-19-48(47)51-50(52-49)43-28-34-46(35-29-43)53(44-30-24-40(25-31-44)37-14-6-2-7-15-37)45-32-26-41(27-33-45)38-16-8-3-9-17-38/h1-35H. The maximum Gasteiger partial charge on any atom is 0.160 e. The van der Waals surface area contributed by atoms with Crippen LogP contribution in [0.2, 0.25) is 0 Å². The maximum atomic E-state index is 5.19. The molecule has 0 spiro atoms. The number of aromatic nitrogens is 2. The minimum Gasteiger partial charge on any atom is -0.311 e. The van der Waals surface area contributed by atoms with Crippen LogP contribution in [0.5, 0.6) is 0 Å². The van der Waals surface area contributed by atoms with E-state index >= 15 is 0 Å². The quantitative estimate of drug-likeness (QED) is 0.160. The molecule has 3 heteroatoms. The molecule has 1 heterocycles. The first-order valence-electron chi connectivity index (χ1n) is 17.9. The number of nitrogens with zero attached hydrogens (tertiary/aromatic N) is 3. The van der Waals surface area contributed by atoms with E-state index in [0.717, 1.165) is 44.8 Å². The van der Waals surface area contributed by atoms with E-state index in [-0.39, 0.29) is 0 Å². The highest BCUT2D eigenvalue weighted by molar-refractivity contribution is 5.94. The van der Waals surface area contributed by atoms with Gasteiger partial charge < -0.3 is 4.90 Å². The average molecular weight is 678 g/mol. The van der Waals surface area contributed by atoms with Gasteiger partial charge in [-0.05, 0) is 88.0 Å². The minimum atomic E-state index is 0.698. The zero-order chi connectivity index (χ0) is 35.4. The third-order valence-electron chi connectivity index (χ3n) is 9.72. The van der Waals surface area contributed by atoms with Gasteiger partial charge in [0.1, 0.15) is 0 Å². The van der Waals surface area contributed by atoms with E-state index in [0.29, 0.717) is 5.82 Å². The summed E-state index contributed by atoms with van der Waals surface area (Å²) in [6.45, 7) is 0.